The summed E-state index contributed by atoms with van der Waals surface area (Å²) in [6.07, 6.45) is -3.95. The fourth-order valence-corrected chi connectivity index (χ4v) is 2.98. The maximum atomic E-state index is 13.7. The minimum atomic E-state index is -4.46. The Morgan fingerprint density at radius 2 is 2.07 bits per heavy atom. The summed E-state index contributed by atoms with van der Waals surface area (Å²) in [7, 11) is 0. The number of halogens is 4. The highest BCUT2D eigenvalue weighted by Crippen LogP contribution is 2.35. The van der Waals surface area contributed by atoms with Gasteiger partial charge in [-0.2, -0.15) is 13.2 Å². The summed E-state index contributed by atoms with van der Waals surface area (Å²) >= 11 is 0. The van der Waals surface area contributed by atoms with Crippen molar-refractivity contribution in [2.24, 2.45) is 0 Å². The zero-order valence-corrected chi connectivity index (χ0v) is 16.1. The lowest BCUT2D eigenvalue weighted by atomic mass is 10.2. The van der Waals surface area contributed by atoms with Crippen molar-refractivity contribution in [3.05, 3.63) is 47.7 Å². The quantitative estimate of drug-likeness (QED) is 0.690. The van der Waals surface area contributed by atoms with Gasteiger partial charge >= 0.3 is 6.18 Å². The van der Waals surface area contributed by atoms with Crippen molar-refractivity contribution in [1.82, 2.24) is 10.3 Å². The third-order valence-corrected chi connectivity index (χ3v) is 4.61. The zero-order chi connectivity index (χ0) is 21.9. The van der Waals surface area contributed by atoms with Crippen LogP contribution < -0.4 is 15.0 Å². The maximum Gasteiger partial charge on any atom is 0.416 e. The molecular formula is C20H21F4N3O3. The number of nitrogens with zero attached hydrogens (tertiary/aromatic N) is 2. The molecule has 1 saturated heterocycles. The molecule has 10 heteroatoms. The normalized spacial score (nSPS) is 17.7. The molecule has 2 heterocycles. The van der Waals surface area contributed by atoms with E-state index in [0.717, 1.165) is 12.1 Å². The first-order valence-electron chi connectivity index (χ1n) is 9.33. The van der Waals surface area contributed by atoms with Crippen LogP contribution in [0.5, 0.6) is 11.6 Å². The highest BCUT2D eigenvalue weighted by Gasteiger charge is 2.30. The topological polar surface area (TPSA) is 74.7 Å². The minimum absolute atomic E-state index is 0.0515. The number of pyridine rings is 1. The first-order valence-corrected chi connectivity index (χ1v) is 9.33. The molecule has 1 amide bonds. The number of carbonyl (C=O) groups is 1. The third-order valence-electron chi connectivity index (χ3n) is 4.61. The monoisotopic (exact) mass is 427 g/mol. The Kier molecular flexibility index (Phi) is 6.45. The molecule has 0 bridgehead atoms. The van der Waals surface area contributed by atoms with E-state index in [0.29, 0.717) is 18.7 Å². The van der Waals surface area contributed by atoms with Gasteiger partial charge in [-0.05, 0) is 43.7 Å². The van der Waals surface area contributed by atoms with Crippen molar-refractivity contribution < 1.29 is 32.2 Å². The number of benzene rings is 1. The number of aliphatic hydroxyl groups is 1. The summed E-state index contributed by atoms with van der Waals surface area (Å²) in [5, 5.41) is 11.7. The van der Waals surface area contributed by atoms with Gasteiger partial charge < -0.3 is 20.1 Å². The molecule has 1 fully saturated rings. The van der Waals surface area contributed by atoms with E-state index in [1.165, 1.54) is 24.4 Å². The van der Waals surface area contributed by atoms with Crippen molar-refractivity contribution in [3.63, 3.8) is 0 Å². The van der Waals surface area contributed by atoms with Crippen LogP contribution in [-0.4, -0.2) is 47.9 Å². The van der Waals surface area contributed by atoms with Gasteiger partial charge in [0.1, 0.15) is 17.6 Å². The first-order chi connectivity index (χ1) is 14.2. The average Bonchev–Trinajstić information content (AvgIpc) is 3.14. The van der Waals surface area contributed by atoms with Gasteiger partial charge in [-0.15, -0.1) is 0 Å². The van der Waals surface area contributed by atoms with Gasteiger partial charge in [0.15, 0.2) is 0 Å². The number of carbonyl (C=O) groups excluding carboxylic acids is 1. The van der Waals surface area contributed by atoms with Crippen LogP contribution in [0, 0.1) is 0 Å². The molecular weight excluding hydrogens is 406 g/mol. The summed E-state index contributed by atoms with van der Waals surface area (Å²) < 4.78 is 57.6. The lowest BCUT2D eigenvalue weighted by Crippen LogP contribution is -2.35. The van der Waals surface area contributed by atoms with Gasteiger partial charge in [0, 0.05) is 25.3 Å². The predicted octanol–water partition coefficient (Wildman–Crippen LogP) is 3.55. The van der Waals surface area contributed by atoms with Crippen LogP contribution in [-0.2, 0) is 6.18 Å². The van der Waals surface area contributed by atoms with E-state index in [1.807, 2.05) is 0 Å². The van der Waals surface area contributed by atoms with Gasteiger partial charge in [-0.3, -0.25) is 4.79 Å². The van der Waals surface area contributed by atoms with Gasteiger partial charge in [-0.1, -0.05) is 0 Å². The van der Waals surface area contributed by atoms with Crippen LogP contribution in [0.25, 0.3) is 0 Å². The largest absolute Gasteiger partial charge is 0.437 e. The average molecular weight is 427 g/mol. The first kappa shape index (κ1) is 21.8. The van der Waals surface area contributed by atoms with Gasteiger partial charge in [0.2, 0.25) is 5.88 Å². The maximum absolute atomic E-state index is 13.7. The van der Waals surface area contributed by atoms with Crippen LogP contribution in [0.4, 0.5) is 23.2 Å². The number of nitrogens with one attached hydrogen (secondary N) is 1. The van der Waals surface area contributed by atoms with Crippen LogP contribution in [0.3, 0.4) is 0 Å². The van der Waals surface area contributed by atoms with Crippen LogP contribution in [0.2, 0.25) is 0 Å². The summed E-state index contributed by atoms with van der Waals surface area (Å²) in [6.45, 7) is 1.85. The minimum Gasteiger partial charge on any atom is -0.437 e. The summed E-state index contributed by atoms with van der Waals surface area (Å²) in [6, 6.07) is 5.14. The van der Waals surface area contributed by atoms with Gasteiger partial charge in [0.25, 0.3) is 5.91 Å². The van der Waals surface area contributed by atoms with Crippen molar-refractivity contribution in [1.29, 1.82) is 0 Å². The van der Waals surface area contributed by atoms with E-state index in [4.69, 9.17) is 9.84 Å². The Morgan fingerprint density at radius 3 is 2.63 bits per heavy atom. The molecule has 0 radical (unpaired) electrons. The fourth-order valence-electron chi connectivity index (χ4n) is 2.98. The molecule has 0 spiro atoms. The van der Waals surface area contributed by atoms with E-state index >= 15 is 0 Å². The molecule has 162 valence electrons. The molecule has 1 aromatic heterocycles. The number of alkyl halides is 4. The number of ether oxygens (including phenoxy) is 1. The second-order valence-electron chi connectivity index (χ2n) is 7.06. The molecule has 3 rings (SSSR count). The van der Waals surface area contributed by atoms with Gasteiger partial charge in [-0.25, -0.2) is 9.37 Å². The summed E-state index contributed by atoms with van der Waals surface area (Å²) in [5.74, 6) is -0.295. The van der Waals surface area contributed by atoms with Crippen LogP contribution in [0.15, 0.2) is 36.5 Å². The fraction of sp³-hybridized carbons (Fsp3) is 0.400. The Hall–Kier alpha value is -2.88. The highest BCUT2D eigenvalue weighted by molar-refractivity contribution is 5.95. The van der Waals surface area contributed by atoms with E-state index in [2.05, 4.69) is 10.3 Å². The van der Waals surface area contributed by atoms with E-state index in [9.17, 15) is 22.4 Å². The second-order valence-corrected chi connectivity index (χ2v) is 7.06. The van der Waals surface area contributed by atoms with E-state index in [1.54, 1.807) is 11.8 Å². The molecule has 2 aromatic rings. The van der Waals surface area contributed by atoms with Crippen molar-refractivity contribution >= 4 is 11.6 Å². The predicted molar refractivity (Wildman–Crippen MR) is 101 cm³/mol. The van der Waals surface area contributed by atoms with Crippen molar-refractivity contribution in [2.75, 3.05) is 24.6 Å². The molecule has 6 nitrogen and oxygen atoms in total. The molecule has 1 aromatic carbocycles. The lowest BCUT2D eigenvalue weighted by Gasteiger charge is -2.21. The number of anilines is 1. The number of aromatic nitrogens is 1. The molecule has 1 aliphatic heterocycles. The lowest BCUT2D eigenvalue weighted by molar-refractivity contribution is -0.137. The van der Waals surface area contributed by atoms with Crippen molar-refractivity contribution in [3.8, 4) is 11.6 Å². The van der Waals surface area contributed by atoms with E-state index < -0.39 is 29.9 Å². The molecule has 2 atom stereocenters. The molecule has 0 saturated carbocycles. The Balaban J connectivity index is 1.88. The molecule has 30 heavy (non-hydrogen) atoms. The van der Waals surface area contributed by atoms with Crippen LogP contribution in [0.1, 0.15) is 29.3 Å². The smallest absolute Gasteiger partial charge is 0.416 e. The second kappa shape index (κ2) is 8.86. The molecule has 0 unspecified atom stereocenters. The molecule has 1 aliphatic rings. The van der Waals surface area contributed by atoms with E-state index in [-0.39, 0.29) is 30.3 Å². The SMILES string of the molecule is C[C@H](CO)NC(=O)c1cnc(Oc2ccc(C(F)(F)F)cc2)c(N2CC[C@@H](F)C2)c1. The number of hydrogen-bond acceptors (Lipinski definition) is 5. The number of amides is 1. The number of hydrogen-bond donors (Lipinski definition) is 2. The standard InChI is InChI=1S/C20H21F4N3O3/c1-12(11-28)26-18(29)13-8-17(27-7-6-15(21)10-27)19(25-9-13)30-16-4-2-14(3-5-16)20(22,23)24/h2-5,8-9,12,15,28H,6-7,10-11H2,1H3,(H,26,29)/t12-,15-/m1/s1. The summed E-state index contributed by atoms with van der Waals surface area (Å²) in [4.78, 5) is 18.2. The molecule has 0 aliphatic carbocycles. The van der Waals surface area contributed by atoms with Gasteiger partial charge in [0.05, 0.1) is 17.7 Å². The van der Waals surface area contributed by atoms with Crippen LogP contribution >= 0.6 is 0 Å². The number of rotatable bonds is 6. The summed E-state index contributed by atoms with van der Waals surface area (Å²) in [5.41, 5.74) is -0.264. The highest BCUT2D eigenvalue weighted by atomic mass is 19.4. The Morgan fingerprint density at radius 1 is 1.37 bits per heavy atom. The number of aliphatic hydroxyl groups excluding tert-OH is 1. The Bertz CT molecular complexity index is 890. The zero-order valence-electron chi connectivity index (χ0n) is 16.1. The molecule has 2 N–H and O–H groups in total. The Labute approximate surface area is 170 Å². The van der Waals surface area contributed by atoms with Crippen molar-refractivity contribution in [2.45, 2.75) is 31.7 Å². The third kappa shape index (κ3) is 5.18.